The summed E-state index contributed by atoms with van der Waals surface area (Å²) in [6, 6.07) is 0. The fourth-order valence-electron chi connectivity index (χ4n) is 1.03. The predicted molar refractivity (Wildman–Crippen MR) is 38.1 cm³/mol. The van der Waals surface area contributed by atoms with Crippen LogP contribution >= 0.6 is 0 Å². The minimum Gasteiger partial charge on any atom is -0.479 e. The van der Waals surface area contributed by atoms with Gasteiger partial charge in [0.15, 0.2) is 0 Å². The summed E-state index contributed by atoms with van der Waals surface area (Å²) >= 11 is 0. The molecule has 1 atom stereocenters. The molecule has 0 saturated carbocycles. The van der Waals surface area contributed by atoms with Crippen molar-refractivity contribution in [2.75, 3.05) is 13.1 Å². The topological polar surface area (TPSA) is 49.3 Å². The molecular formula is C7H10FNO2. The number of aliphatic carboxylic acids is 1. The van der Waals surface area contributed by atoms with Crippen LogP contribution in [0.4, 0.5) is 4.39 Å². The number of hydrogen-bond acceptors (Lipinski definition) is 2. The Hall–Kier alpha value is -0.900. The number of carboxylic acid groups (broad SMARTS) is 1. The van der Waals surface area contributed by atoms with Crippen LogP contribution in [0.5, 0.6) is 0 Å². The van der Waals surface area contributed by atoms with Crippen LogP contribution in [-0.2, 0) is 4.79 Å². The zero-order valence-corrected chi connectivity index (χ0v) is 6.01. The molecule has 0 bridgehead atoms. The molecule has 0 spiro atoms. The zero-order valence-electron chi connectivity index (χ0n) is 6.01. The average molecular weight is 159 g/mol. The van der Waals surface area contributed by atoms with Crippen LogP contribution in [0, 0.1) is 0 Å². The van der Waals surface area contributed by atoms with Gasteiger partial charge in [-0.05, 0) is 18.5 Å². The summed E-state index contributed by atoms with van der Waals surface area (Å²) in [5.74, 6) is -1.39. The highest BCUT2D eigenvalue weighted by molar-refractivity contribution is 5.76. The Morgan fingerprint density at radius 2 is 2.55 bits per heavy atom. The van der Waals surface area contributed by atoms with Crippen LogP contribution in [0.15, 0.2) is 11.6 Å². The second kappa shape index (κ2) is 3.48. The Labute approximate surface area is 63.9 Å². The quantitative estimate of drug-likeness (QED) is 0.571. The summed E-state index contributed by atoms with van der Waals surface area (Å²) in [5.41, 5.74) is 0.385. The summed E-state index contributed by atoms with van der Waals surface area (Å²) in [4.78, 5) is 10.2. The van der Waals surface area contributed by atoms with Crippen LogP contribution in [0.25, 0.3) is 0 Å². The van der Waals surface area contributed by atoms with Crippen molar-refractivity contribution < 1.29 is 14.3 Å². The van der Waals surface area contributed by atoms with Crippen molar-refractivity contribution in [3.05, 3.63) is 11.6 Å². The van der Waals surface area contributed by atoms with E-state index in [0.29, 0.717) is 25.1 Å². The molecule has 1 rings (SSSR count). The third-order valence-corrected chi connectivity index (χ3v) is 1.64. The van der Waals surface area contributed by atoms with Crippen LogP contribution in [0.1, 0.15) is 6.42 Å². The molecule has 0 aromatic rings. The van der Waals surface area contributed by atoms with Crippen molar-refractivity contribution in [2.45, 2.75) is 12.6 Å². The average Bonchev–Trinajstić information content (AvgIpc) is 2.05. The molecule has 1 heterocycles. The normalized spacial score (nSPS) is 20.6. The van der Waals surface area contributed by atoms with E-state index in [-0.39, 0.29) is 0 Å². The van der Waals surface area contributed by atoms with Crippen LogP contribution < -0.4 is 5.32 Å². The van der Waals surface area contributed by atoms with Crippen molar-refractivity contribution in [3.8, 4) is 0 Å². The Morgan fingerprint density at radius 1 is 1.82 bits per heavy atom. The lowest BCUT2D eigenvalue weighted by Gasteiger charge is -2.14. The second-order valence-electron chi connectivity index (χ2n) is 2.43. The first-order valence-electron chi connectivity index (χ1n) is 3.48. The van der Waals surface area contributed by atoms with Crippen molar-refractivity contribution in [2.24, 2.45) is 0 Å². The van der Waals surface area contributed by atoms with Gasteiger partial charge >= 0.3 is 5.97 Å². The maximum atomic E-state index is 12.7. The molecule has 0 aromatic heterocycles. The van der Waals surface area contributed by atoms with E-state index in [1.165, 1.54) is 0 Å². The van der Waals surface area contributed by atoms with E-state index < -0.39 is 12.1 Å². The molecule has 4 heteroatoms. The van der Waals surface area contributed by atoms with Crippen molar-refractivity contribution >= 4 is 5.97 Å². The molecule has 3 nitrogen and oxygen atoms in total. The highest BCUT2D eigenvalue weighted by Crippen LogP contribution is 2.12. The van der Waals surface area contributed by atoms with Gasteiger partial charge in [-0.2, -0.15) is 0 Å². The number of carboxylic acids is 1. The molecule has 0 amide bonds. The van der Waals surface area contributed by atoms with Crippen LogP contribution in [0.3, 0.4) is 0 Å². The Morgan fingerprint density at radius 3 is 3.00 bits per heavy atom. The van der Waals surface area contributed by atoms with Crippen molar-refractivity contribution in [1.82, 2.24) is 5.32 Å². The Balaban J connectivity index is 2.58. The molecule has 62 valence electrons. The number of rotatable bonds is 2. The zero-order chi connectivity index (χ0) is 8.27. The standard InChI is InChI=1S/C7H10FNO2/c8-6(7(10)11)5-1-3-9-4-2-5/h1,6,9H,2-4H2,(H,10,11). The third kappa shape index (κ3) is 2.01. The Bertz CT molecular complexity index is 191. The molecule has 1 aliphatic heterocycles. The monoisotopic (exact) mass is 159 g/mol. The maximum absolute atomic E-state index is 12.7. The van der Waals surface area contributed by atoms with E-state index in [2.05, 4.69) is 5.32 Å². The molecule has 0 radical (unpaired) electrons. The minimum atomic E-state index is -1.81. The lowest BCUT2D eigenvalue weighted by atomic mass is 10.1. The molecule has 0 fully saturated rings. The third-order valence-electron chi connectivity index (χ3n) is 1.64. The number of carbonyl (C=O) groups is 1. The first kappa shape index (κ1) is 8.20. The van der Waals surface area contributed by atoms with Crippen molar-refractivity contribution in [3.63, 3.8) is 0 Å². The lowest BCUT2D eigenvalue weighted by Crippen LogP contribution is -2.27. The highest BCUT2D eigenvalue weighted by Gasteiger charge is 2.21. The van der Waals surface area contributed by atoms with Crippen molar-refractivity contribution in [1.29, 1.82) is 0 Å². The molecule has 1 unspecified atom stereocenters. The number of alkyl halides is 1. The van der Waals surface area contributed by atoms with E-state index in [4.69, 9.17) is 5.11 Å². The van der Waals surface area contributed by atoms with Gasteiger partial charge in [0.05, 0.1) is 0 Å². The minimum absolute atomic E-state index is 0.385. The number of nitrogens with one attached hydrogen (secondary N) is 1. The number of hydrogen-bond donors (Lipinski definition) is 2. The molecule has 0 aliphatic carbocycles. The van der Waals surface area contributed by atoms with Gasteiger partial charge in [0.1, 0.15) is 0 Å². The Kier molecular flexibility index (Phi) is 2.59. The second-order valence-corrected chi connectivity index (χ2v) is 2.43. The summed E-state index contributed by atoms with van der Waals surface area (Å²) < 4.78 is 12.7. The summed E-state index contributed by atoms with van der Waals surface area (Å²) in [6.07, 6.45) is 0.285. The molecular weight excluding hydrogens is 149 g/mol. The van der Waals surface area contributed by atoms with Gasteiger partial charge in [0.25, 0.3) is 0 Å². The smallest absolute Gasteiger partial charge is 0.342 e. The van der Waals surface area contributed by atoms with Crippen LogP contribution in [0.2, 0.25) is 0 Å². The van der Waals surface area contributed by atoms with Gasteiger partial charge < -0.3 is 10.4 Å². The van der Waals surface area contributed by atoms with Gasteiger partial charge in [-0.25, -0.2) is 9.18 Å². The molecule has 11 heavy (non-hydrogen) atoms. The molecule has 0 aromatic carbocycles. The fraction of sp³-hybridized carbons (Fsp3) is 0.571. The summed E-state index contributed by atoms with van der Waals surface area (Å²) in [6.45, 7) is 1.24. The van der Waals surface area contributed by atoms with Gasteiger partial charge in [0.2, 0.25) is 6.17 Å². The lowest BCUT2D eigenvalue weighted by molar-refractivity contribution is -0.141. The van der Waals surface area contributed by atoms with Gasteiger partial charge in [-0.15, -0.1) is 0 Å². The SMILES string of the molecule is O=C(O)C(F)C1=CCNCC1. The van der Waals surface area contributed by atoms with E-state index >= 15 is 0 Å². The summed E-state index contributed by atoms with van der Waals surface area (Å²) in [7, 11) is 0. The van der Waals surface area contributed by atoms with Gasteiger partial charge in [-0.1, -0.05) is 6.08 Å². The fourth-order valence-corrected chi connectivity index (χ4v) is 1.03. The first-order chi connectivity index (χ1) is 5.22. The van der Waals surface area contributed by atoms with E-state index in [1.807, 2.05) is 0 Å². The van der Waals surface area contributed by atoms with E-state index in [9.17, 15) is 9.18 Å². The molecule has 0 saturated heterocycles. The van der Waals surface area contributed by atoms with Gasteiger partial charge in [-0.3, -0.25) is 0 Å². The predicted octanol–water partition coefficient (Wildman–Crippen LogP) is 0.329. The van der Waals surface area contributed by atoms with Gasteiger partial charge in [0, 0.05) is 6.54 Å². The molecule has 1 aliphatic rings. The van der Waals surface area contributed by atoms with Crippen LogP contribution in [-0.4, -0.2) is 30.3 Å². The summed E-state index contributed by atoms with van der Waals surface area (Å²) in [5, 5.41) is 11.3. The van der Waals surface area contributed by atoms with E-state index in [0.717, 1.165) is 0 Å². The van der Waals surface area contributed by atoms with E-state index in [1.54, 1.807) is 6.08 Å². The largest absolute Gasteiger partial charge is 0.479 e. The highest BCUT2D eigenvalue weighted by atomic mass is 19.1. The first-order valence-corrected chi connectivity index (χ1v) is 3.48. The molecule has 2 N–H and O–H groups in total. The number of halogens is 1. The maximum Gasteiger partial charge on any atom is 0.342 e.